The van der Waals surface area contributed by atoms with Crippen LogP contribution in [-0.2, 0) is 14.8 Å². The Morgan fingerprint density at radius 2 is 1.96 bits per heavy atom. The van der Waals surface area contributed by atoms with Gasteiger partial charge in [0.15, 0.2) is 4.21 Å². The topological polar surface area (TPSA) is 66.5 Å². The van der Waals surface area contributed by atoms with Crippen molar-refractivity contribution in [2.75, 3.05) is 16.2 Å². The summed E-state index contributed by atoms with van der Waals surface area (Å²) >= 11 is 4.37. The number of rotatable bonds is 4. The molecule has 23 heavy (non-hydrogen) atoms. The van der Waals surface area contributed by atoms with Crippen molar-refractivity contribution in [1.29, 1.82) is 0 Å². The van der Waals surface area contributed by atoms with Gasteiger partial charge in [-0.1, -0.05) is 12.1 Å². The van der Waals surface area contributed by atoms with Gasteiger partial charge in [0.05, 0.1) is 16.8 Å². The molecule has 1 aromatic heterocycles. The maximum atomic E-state index is 12.5. The number of carbonyl (C=O) groups is 1. The van der Waals surface area contributed by atoms with Gasteiger partial charge in [0, 0.05) is 11.0 Å². The number of amides is 1. The summed E-state index contributed by atoms with van der Waals surface area (Å²) in [5.74, 6) is -0.0125. The number of thiophene rings is 1. The highest BCUT2D eigenvalue weighted by Gasteiger charge is 2.45. The van der Waals surface area contributed by atoms with Crippen molar-refractivity contribution in [2.45, 2.75) is 18.1 Å². The number of nitrogens with zero attached hydrogens (tertiary/aromatic N) is 1. The highest BCUT2D eigenvalue weighted by atomic mass is 79.9. The molecular weight excluding hydrogens is 400 g/mol. The minimum absolute atomic E-state index is 0.0125. The summed E-state index contributed by atoms with van der Waals surface area (Å²) in [7, 11) is -3.70. The fourth-order valence-corrected chi connectivity index (χ4v) is 5.87. The predicted molar refractivity (Wildman–Crippen MR) is 95.4 cm³/mol. The molecule has 0 unspecified atom stereocenters. The first-order chi connectivity index (χ1) is 10.7. The fourth-order valence-electron chi connectivity index (χ4n) is 2.46. The molecule has 0 atom stereocenters. The third-order valence-electron chi connectivity index (χ3n) is 3.65. The van der Waals surface area contributed by atoms with Crippen LogP contribution < -0.4 is 9.62 Å². The van der Waals surface area contributed by atoms with Crippen LogP contribution in [0.15, 0.2) is 44.4 Å². The first kappa shape index (κ1) is 16.5. The van der Waals surface area contributed by atoms with Gasteiger partial charge in [0.2, 0.25) is 5.91 Å². The third-order valence-corrected chi connectivity index (χ3v) is 7.68. The van der Waals surface area contributed by atoms with Crippen LogP contribution in [0.5, 0.6) is 0 Å². The number of hydrogen-bond donors (Lipinski definition) is 1. The van der Waals surface area contributed by atoms with Gasteiger partial charge < -0.3 is 4.90 Å². The number of para-hydroxylation sites is 2. The fraction of sp³-hybridized carbons (Fsp3) is 0.267. The lowest BCUT2D eigenvalue weighted by Gasteiger charge is -2.45. The maximum absolute atomic E-state index is 12.5. The summed E-state index contributed by atoms with van der Waals surface area (Å²) in [5, 5.41) is 1.70. The number of benzene rings is 1. The Kier molecular flexibility index (Phi) is 4.02. The zero-order chi connectivity index (χ0) is 16.8. The van der Waals surface area contributed by atoms with Gasteiger partial charge in [0.1, 0.15) is 0 Å². The summed E-state index contributed by atoms with van der Waals surface area (Å²) in [6.07, 6.45) is 0. The Labute approximate surface area is 147 Å². The molecule has 0 radical (unpaired) electrons. The molecule has 0 spiro atoms. The Morgan fingerprint density at radius 1 is 1.26 bits per heavy atom. The van der Waals surface area contributed by atoms with E-state index in [-0.39, 0.29) is 10.1 Å². The van der Waals surface area contributed by atoms with Crippen LogP contribution in [-0.4, -0.2) is 20.9 Å². The second-order valence-electron chi connectivity index (χ2n) is 5.95. The second kappa shape index (κ2) is 5.61. The van der Waals surface area contributed by atoms with Gasteiger partial charge in [0.25, 0.3) is 10.0 Å². The SMILES string of the molecule is CC1(C)CN(c2ccccc2NS(=O)(=O)c2sccc2Br)C1=O. The van der Waals surface area contributed by atoms with Gasteiger partial charge in [-0.3, -0.25) is 9.52 Å². The molecule has 1 saturated heterocycles. The van der Waals surface area contributed by atoms with Crippen LogP contribution in [0.25, 0.3) is 0 Å². The summed E-state index contributed by atoms with van der Waals surface area (Å²) < 4.78 is 28.4. The van der Waals surface area contributed by atoms with E-state index < -0.39 is 15.4 Å². The number of nitrogens with one attached hydrogen (secondary N) is 1. The average Bonchev–Trinajstić information content (AvgIpc) is 2.92. The molecule has 2 heterocycles. The molecule has 1 N–H and O–H groups in total. The van der Waals surface area contributed by atoms with E-state index in [0.29, 0.717) is 22.4 Å². The van der Waals surface area contributed by atoms with Crippen molar-refractivity contribution in [3.63, 3.8) is 0 Å². The van der Waals surface area contributed by atoms with E-state index in [2.05, 4.69) is 20.7 Å². The third kappa shape index (κ3) is 2.90. The van der Waals surface area contributed by atoms with E-state index >= 15 is 0 Å². The summed E-state index contributed by atoms with van der Waals surface area (Å²) in [5.41, 5.74) is 0.577. The number of β-lactam (4-membered cyclic amide) rings is 1. The monoisotopic (exact) mass is 414 g/mol. The normalized spacial score (nSPS) is 17.0. The van der Waals surface area contributed by atoms with Gasteiger partial charge in [-0.05, 0) is 53.4 Å². The van der Waals surface area contributed by atoms with E-state index in [1.807, 2.05) is 13.8 Å². The Morgan fingerprint density at radius 3 is 2.52 bits per heavy atom. The smallest absolute Gasteiger partial charge is 0.272 e. The van der Waals surface area contributed by atoms with E-state index in [4.69, 9.17) is 0 Å². The van der Waals surface area contributed by atoms with Gasteiger partial charge in [-0.15, -0.1) is 11.3 Å². The molecular formula is C15H15BrN2O3S2. The summed E-state index contributed by atoms with van der Waals surface area (Å²) in [4.78, 5) is 13.8. The molecule has 0 bridgehead atoms. The van der Waals surface area contributed by atoms with E-state index in [1.54, 1.807) is 40.6 Å². The molecule has 1 fully saturated rings. The summed E-state index contributed by atoms with van der Waals surface area (Å²) in [6.45, 7) is 4.32. The van der Waals surface area contributed by atoms with Crippen molar-refractivity contribution < 1.29 is 13.2 Å². The molecule has 2 aromatic rings. The lowest BCUT2D eigenvalue weighted by atomic mass is 9.82. The highest BCUT2D eigenvalue weighted by molar-refractivity contribution is 9.10. The maximum Gasteiger partial charge on any atom is 0.272 e. The van der Waals surface area contributed by atoms with Crippen LogP contribution in [0.1, 0.15) is 13.8 Å². The standard InChI is InChI=1S/C15H15BrN2O3S2/c1-15(2)9-18(14(15)19)12-6-4-3-5-11(12)17-23(20,21)13-10(16)7-8-22-13/h3-8,17H,9H2,1-2H3. The van der Waals surface area contributed by atoms with Crippen molar-refractivity contribution >= 4 is 54.6 Å². The number of anilines is 2. The van der Waals surface area contributed by atoms with E-state index in [9.17, 15) is 13.2 Å². The minimum atomic E-state index is -3.70. The van der Waals surface area contributed by atoms with Gasteiger partial charge >= 0.3 is 0 Å². The van der Waals surface area contributed by atoms with Crippen LogP contribution in [0.2, 0.25) is 0 Å². The van der Waals surface area contributed by atoms with Crippen LogP contribution in [0.3, 0.4) is 0 Å². The van der Waals surface area contributed by atoms with E-state index in [0.717, 1.165) is 11.3 Å². The average molecular weight is 415 g/mol. The quantitative estimate of drug-likeness (QED) is 0.775. The Hall–Kier alpha value is -1.38. The molecule has 5 nitrogen and oxygen atoms in total. The van der Waals surface area contributed by atoms with Gasteiger partial charge in [-0.2, -0.15) is 0 Å². The first-order valence-electron chi connectivity index (χ1n) is 6.89. The molecule has 1 amide bonds. The van der Waals surface area contributed by atoms with Crippen LogP contribution in [0, 0.1) is 5.41 Å². The molecule has 1 aliphatic rings. The largest absolute Gasteiger partial charge is 0.309 e. The zero-order valence-corrected chi connectivity index (χ0v) is 15.8. The van der Waals surface area contributed by atoms with Crippen LogP contribution in [0.4, 0.5) is 11.4 Å². The molecule has 0 saturated carbocycles. The number of carbonyl (C=O) groups excluding carboxylic acids is 1. The zero-order valence-electron chi connectivity index (χ0n) is 12.5. The van der Waals surface area contributed by atoms with Crippen molar-refractivity contribution in [2.24, 2.45) is 5.41 Å². The Balaban J connectivity index is 1.94. The predicted octanol–water partition coefficient (Wildman–Crippen LogP) is 3.68. The summed E-state index contributed by atoms with van der Waals surface area (Å²) in [6, 6.07) is 8.61. The molecule has 3 rings (SSSR count). The minimum Gasteiger partial charge on any atom is -0.309 e. The van der Waals surface area contributed by atoms with Crippen molar-refractivity contribution in [3.8, 4) is 0 Å². The Bertz CT molecular complexity index is 874. The highest BCUT2D eigenvalue weighted by Crippen LogP contribution is 2.39. The van der Waals surface area contributed by atoms with E-state index in [1.165, 1.54) is 0 Å². The van der Waals surface area contributed by atoms with Crippen molar-refractivity contribution in [1.82, 2.24) is 0 Å². The molecule has 1 aromatic carbocycles. The molecule has 8 heteroatoms. The number of hydrogen-bond acceptors (Lipinski definition) is 4. The van der Waals surface area contributed by atoms with Gasteiger partial charge in [-0.25, -0.2) is 8.42 Å². The molecule has 0 aliphatic carbocycles. The second-order valence-corrected chi connectivity index (χ2v) is 9.60. The number of sulfonamides is 1. The molecule has 1 aliphatic heterocycles. The molecule has 122 valence electrons. The lowest BCUT2D eigenvalue weighted by Crippen LogP contribution is -2.58. The first-order valence-corrected chi connectivity index (χ1v) is 10.0. The van der Waals surface area contributed by atoms with Crippen molar-refractivity contribution in [3.05, 3.63) is 40.2 Å². The lowest BCUT2D eigenvalue weighted by molar-refractivity contribution is -0.132. The van der Waals surface area contributed by atoms with Crippen LogP contribution >= 0.6 is 27.3 Å². The number of halogens is 1.